The minimum Gasteiger partial charge on any atom is -0.473 e. The standard InChI is InChI=1S/C15H23N3O2S/c1-18(2)8-3-7-16-15(19)12-4-5-14(17-10-12)20-13-6-9-21-11-13/h4-5,10,13H,3,6-9,11H2,1-2H3,(H,16,19). The predicted octanol–water partition coefficient (Wildman–Crippen LogP) is 1.65. The number of nitrogens with zero attached hydrogens (tertiary/aromatic N) is 2. The van der Waals surface area contributed by atoms with Gasteiger partial charge in [0.05, 0.1) is 5.56 Å². The van der Waals surface area contributed by atoms with E-state index in [0.717, 1.165) is 30.9 Å². The third-order valence-corrected chi connectivity index (χ3v) is 4.37. The number of thioether (sulfide) groups is 1. The molecule has 0 aromatic carbocycles. The summed E-state index contributed by atoms with van der Waals surface area (Å²) in [5, 5.41) is 2.90. The highest BCUT2D eigenvalue weighted by Crippen LogP contribution is 2.21. The van der Waals surface area contributed by atoms with Gasteiger partial charge in [0.2, 0.25) is 5.88 Å². The SMILES string of the molecule is CN(C)CCCNC(=O)c1ccc(OC2CCSC2)nc1. The van der Waals surface area contributed by atoms with Gasteiger partial charge in [-0.1, -0.05) is 0 Å². The van der Waals surface area contributed by atoms with Crippen LogP contribution in [0.3, 0.4) is 0 Å². The van der Waals surface area contributed by atoms with E-state index in [1.165, 1.54) is 0 Å². The van der Waals surface area contributed by atoms with Crippen LogP contribution in [0, 0.1) is 0 Å². The Kier molecular flexibility index (Phi) is 6.32. The van der Waals surface area contributed by atoms with E-state index in [1.54, 1.807) is 18.3 Å². The Morgan fingerprint density at radius 2 is 2.38 bits per heavy atom. The van der Waals surface area contributed by atoms with E-state index in [-0.39, 0.29) is 12.0 Å². The summed E-state index contributed by atoms with van der Waals surface area (Å²) in [6, 6.07) is 3.55. The predicted molar refractivity (Wildman–Crippen MR) is 86.1 cm³/mol. The van der Waals surface area contributed by atoms with Gasteiger partial charge in [-0.25, -0.2) is 4.98 Å². The molecule has 1 N–H and O–H groups in total. The third kappa shape index (κ3) is 5.55. The molecule has 0 spiro atoms. The van der Waals surface area contributed by atoms with E-state index < -0.39 is 0 Å². The number of ether oxygens (including phenoxy) is 1. The molecule has 1 unspecified atom stereocenters. The Labute approximate surface area is 130 Å². The van der Waals surface area contributed by atoms with Crippen LogP contribution in [0.25, 0.3) is 0 Å². The number of hydrogen-bond donors (Lipinski definition) is 1. The van der Waals surface area contributed by atoms with Gasteiger partial charge in [-0.15, -0.1) is 0 Å². The highest BCUT2D eigenvalue weighted by molar-refractivity contribution is 7.99. The number of rotatable bonds is 7. The molecule has 1 amide bonds. The summed E-state index contributed by atoms with van der Waals surface area (Å²) in [6.07, 6.45) is 3.85. The van der Waals surface area contributed by atoms with Crippen molar-refractivity contribution in [3.63, 3.8) is 0 Å². The molecule has 1 aromatic heterocycles. The Balaban J connectivity index is 1.76. The lowest BCUT2D eigenvalue weighted by Gasteiger charge is -2.12. The van der Waals surface area contributed by atoms with Gasteiger partial charge < -0.3 is 15.0 Å². The van der Waals surface area contributed by atoms with Gasteiger partial charge in [-0.05, 0) is 45.3 Å². The van der Waals surface area contributed by atoms with Gasteiger partial charge in [-0.2, -0.15) is 11.8 Å². The Bertz CT molecular complexity index is 445. The summed E-state index contributed by atoms with van der Waals surface area (Å²) < 4.78 is 5.77. The third-order valence-electron chi connectivity index (χ3n) is 3.24. The van der Waals surface area contributed by atoms with Crippen molar-refractivity contribution in [2.24, 2.45) is 0 Å². The first-order valence-electron chi connectivity index (χ1n) is 7.28. The molecule has 0 saturated carbocycles. The molecule has 5 nitrogen and oxygen atoms in total. The number of nitrogens with one attached hydrogen (secondary N) is 1. The van der Waals surface area contributed by atoms with Gasteiger partial charge in [-0.3, -0.25) is 4.79 Å². The van der Waals surface area contributed by atoms with Crippen LogP contribution in [-0.2, 0) is 0 Å². The molecule has 6 heteroatoms. The summed E-state index contributed by atoms with van der Waals surface area (Å²) in [6.45, 7) is 1.64. The van der Waals surface area contributed by atoms with E-state index in [1.807, 2.05) is 25.9 Å². The van der Waals surface area contributed by atoms with Gasteiger partial charge in [0.15, 0.2) is 0 Å². The van der Waals surface area contributed by atoms with Crippen LogP contribution in [0.1, 0.15) is 23.2 Å². The molecule has 1 saturated heterocycles. The topological polar surface area (TPSA) is 54.5 Å². The van der Waals surface area contributed by atoms with Crippen molar-refractivity contribution >= 4 is 17.7 Å². The minimum absolute atomic E-state index is 0.0794. The zero-order valence-electron chi connectivity index (χ0n) is 12.7. The van der Waals surface area contributed by atoms with Crippen LogP contribution in [0.5, 0.6) is 5.88 Å². The molecule has 21 heavy (non-hydrogen) atoms. The number of amides is 1. The smallest absolute Gasteiger partial charge is 0.252 e. The molecular weight excluding hydrogens is 286 g/mol. The summed E-state index contributed by atoms with van der Waals surface area (Å²) >= 11 is 1.90. The summed E-state index contributed by atoms with van der Waals surface area (Å²) in [5.41, 5.74) is 0.577. The van der Waals surface area contributed by atoms with Crippen molar-refractivity contribution in [1.29, 1.82) is 0 Å². The van der Waals surface area contributed by atoms with Crippen LogP contribution >= 0.6 is 11.8 Å². The number of aromatic nitrogens is 1. The van der Waals surface area contributed by atoms with Crippen molar-refractivity contribution in [3.8, 4) is 5.88 Å². The normalized spacial score (nSPS) is 18.0. The molecule has 1 atom stereocenters. The fourth-order valence-corrected chi connectivity index (χ4v) is 3.15. The fraction of sp³-hybridized carbons (Fsp3) is 0.600. The average Bonchev–Trinajstić information content (AvgIpc) is 2.97. The zero-order chi connectivity index (χ0) is 15.1. The van der Waals surface area contributed by atoms with Gasteiger partial charge in [0, 0.05) is 24.6 Å². The van der Waals surface area contributed by atoms with Crippen LogP contribution in [0.4, 0.5) is 0 Å². The summed E-state index contributed by atoms with van der Waals surface area (Å²) in [4.78, 5) is 18.3. The van der Waals surface area contributed by atoms with Crippen molar-refractivity contribution < 1.29 is 9.53 Å². The maximum Gasteiger partial charge on any atom is 0.252 e. The second-order valence-corrected chi connectivity index (χ2v) is 6.55. The van der Waals surface area contributed by atoms with Crippen molar-refractivity contribution in [2.45, 2.75) is 18.9 Å². The van der Waals surface area contributed by atoms with Gasteiger partial charge >= 0.3 is 0 Å². The number of pyridine rings is 1. The van der Waals surface area contributed by atoms with Gasteiger partial charge in [0.1, 0.15) is 6.10 Å². The second-order valence-electron chi connectivity index (χ2n) is 5.40. The van der Waals surface area contributed by atoms with Crippen molar-refractivity contribution in [1.82, 2.24) is 15.2 Å². The zero-order valence-corrected chi connectivity index (χ0v) is 13.5. The number of carbonyl (C=O) groups excluding carboxylic acids is 1. The monoisotopic (exact) mass is 309 g/mol. The van der Waals surface area contributed by atoms with Gasteiger partial charge in [0.25, 0.3) is 5.91 Å². The molecule has 1 fully saturated rings. The molecule has 1 aromatic rings. The fourth-order valence-electron chi connectivity index (χ4n) is 2.06. The lowest BCUT2D eigenvalue weighted by Crippen LogP contribution is -2.27. The quantitative estimate of drug-likeness (QED) is 0.776. The first-order valence-corrected chi connectivity index (χ1v) is 8.44. The van der Waals surface area contributed by atoms with E-state index >= 15 is 0 Å². The van der Waals surface area contributed by atoms with Crippen molar-refractivity contribution in [3.05, 3.63) is 23.9 Å². The molecule has 116 valence electrons. The molecule has 1 aliphatic heterocycles. The highest BCUT2D eigenvalue weighted by atomic mass is 32.2. The van der Waals surface area contributed by atoms with E-state index in [0.29, 0.717) is 18.0 Å². The molecule has 0 aliphatic carbocycles. The van der Waals surface area contributed by atoms with E-state index in [9.17, 15) is 4.79 Å². The number of hydrogen-bond acceptors (Lipinski definition) is 5. The Morgan fingerprint density at radius 3 is 3.00 bits per heavy atom. The molecule has 0 bridgehead atoms. The molecule has 1 aliphatic rings. The maximum atomic E-state index is 11.9. The lowest BCUT2D eigenvalue weighted by molar-refractivity contribution is 0.0952. The Hall–Kier alpha value is -1.27. The first kappa shape index (κ1) is 16.1. The molecular formula is C15H23N3O2S. The number of carbonyl (C=O) groups is 1. The first-order chi connectivity index (χ1) is 10.1. The lowest BCUT2D eigenvalue weighted by atomic mass is 10.2. The molecule has 0 radical (unpaired) electrons. The Morgan fingerprint density at radius 1 is 1.52 bits per heavy atom. The summed E-state index contributed by atoms with van der Waals surface area (Å²) in [7, 11) is 4.04. The second kappa shape index (κ2) is 8.24. The molecule has 2 rings (SSSR count). The van der Waals surface area contributed by atoms with Crippen LogP contribution in [-0.4, -0.2) is 60.6 Å². The van der Waals surface area contributed by atoms with E-state index in [2.05, 4.69) is 15.2 Å². The highest BCUT2D eigenvalue weighted by Gasteiger charge is 2.17. The largest absolute Gasteiger partial charge is 0.473 e. The minimum atomic E-state index is -0.0794. The van der Waals surface area contributed by atoms with E-state index in [4.69, 9.17) is 4.74 Å². The average molecular weight is 309 g/mol. The van der Waals surface area contributed by atoms with Crippen LogP contribution < -0.4 is 10.1 Å². The molecule has 2 heterocycles. The van der Waals surface area contributed by atoms with Crippen LogP contribution in [0.15, 0.2) is 18.3 Å². The summed E-state index contributed by atoms with van der Waals surface area (Å²) in [5.74, 6) is 2.70. The van der Waals surface area contributed by atoms with Crippen LogP contribution in [0.2, 0.25) is 0 Å². The maximum absolute atomic E-state index is 11.9. The van der Waals surface area contributed by atoms with Crippen molar-refractivity contribution in [2.75, 3.05) is 38.7 Å².